The van der Waals surface area contributed by atoms with Crippen molar-refractivity contribution in [2.24, 2.45) is 5.92 Å². The molecule has 1 heterocycles. The third kappa shape index (κ3) is 7.17. The van der Waals surface area contributed by atoms with E-state index >= 15 is 0 Å². The van der Waals surface area contributed by atoms with E-state index in [1.54, 1.807) is 0 Å². The van der Waals surface area contributed by atoms with Crippen LogP contribution in [0.5, 0.6) is 11.5 Å². The van der Waals surface area contributed by atoms with Crippen molar-refractivity contribution < 1.29 is 19.0 Å². The molecule has 0 saturated heterocycles. The number of pyridine rings is 1. The molecule has 0 aliphatic carbocycles. The van der Waals surface area contributed by atoms with E-state index in [2.05, 4.69) is 25.8 Å². The summed E-state index contributed by atoms with van der Waals surface area (Å²) in [4.78, 5) is 26.7. The zero-order chi connectivity index (χ0) is 19.6. The van der Waals surface area contributed by atoms with E-state index in [1.165, 1.54) is 17.8 Å². The van der Waals surface area contributed by atoms with Crippen molar-refractivity contribution in [3.63, 3.8) is 0 Å². The second-order valence-electron chi connectivity index (χ2n) is 6.66. The van der Waals surface area contributed by atoms with Crippen LogP contribution in [0.2, 0.25) is 0 Å². The van der Waals surface area contributed by atoms with Gasteiger partial charge < -0.3 is 19.2 Å². The summed E-state index contributed by atoms with van der Waals surface area (Å²) in [6.07, 6.45) is 3.32. The van der Waals surface area contributed by atoms with Gasteiger partial charge in [0.2, 0.25) is 5.43 Å². The van der Waals surface area contributed by atoms with Gasteiger partial charge in [0.15, 0.2) is 12.4 Å². The summed E-state index contributed by atoms with van der Waals surface area (Å²) in [7, 11) is 0. The first-order chi connectivity index (χ1) is 13.0. The van der Waals surface area contributed by atoms with Gasteiger partial charge in [-0.3, -0.25) is 4.79 Å². The molecule has 0 saturated carbocycles. The number of ether oxygens (including phenoxy) is 3. The maximum Gasteiger partial charge on any atom is 0.344 e. The van der Waals surface area contributed by atoms with Crippen LogP contribution in [0.1, 0.15) is 38.4 Å². The van der Waals surface area contributed by atoms with Crippen molar-refractivity contribution in [2.45, 2.75) is 40.2 Å². The molecular weight excluding hydrogens is 346 g/mol. The molecule has 2 rings (SSSR count). The molecule has 0 bridgehead atoms. The van der Waals surface area contributed by atoms with E-state index in [9.17, 15) is 9.59 Å². The number of H-pyrrole nitrogens is 1. The Bertz CT molecular complexity index is 780. The summed E-state index contributed by atoms with van der Waals surface area (Å²) in [6, 6.07) is 8.93. The molecule has 0 amide bonds. The lowest BCUT2D eigenvalue weighted by molar-refractivity contribution is -0.147. The van der Waals surface area contributed by atoms with Crippen LogP contribution in [0.3, 0.4) is 0 Å². The Kier molecular flexibility index (Phi) is 7.92. The summed E-state index contributed by atoms with van der Waals surface area (Å²) in [5.74, 6) is 0.882. The Hall–Kier alpha value is -2.76. The van der Waals surface area contributed by atoms with E-state index in [4.69, 9.17) is 14.2 Å². The molecule has 6 nitrogen and oxygen atoms in total. The minimum Gasteiger partial charge on any atom is -0.488 e. The molecule has 2 aromatic rings. The van der Waals surface area contributed by atoms with E-state index in [1.807, 2.05) is 24.3 Å². The van der Waals surface area contributed by atoms with Gasteiger partial charge in [0, 0.05) is 12.3 Å². The molecule has 1 N–H and O–H groups in total. The van der Waals surface area contributed by atoms with Crippen LogP contribution in [0.25, 0.3) is 0 Å². The molecule has 27 heavy (non-hydrogen) atoms. The molecule has 6 heteroatoms. The predicted octanol–water partition coefficient (Wildman–Crippen LogP) is 3.48. The highest BCUT2D eigenvalue weighted by Crippen LogP contribution is 2.12. The van der Waals surface area contributed by atoms with E-state index in [0.717, 1.165) is 12.8 Å². The van der Waals surface area contributed by atoms with Crippen molar-refractivity contribution in [3.05, 3.63) is 58.0 Å². The number of hydrogen-bond acceptors (Lipinski definition) is 5. The Balaban J connectivity index is 1.77. The number of aromatic nitrogens is 1. The van der Waals surface area contributed by atoms with Crippen LogP contribution in [-0.4, -0.2) is 24.2 Å². The van der Waals surface area contributed by atoms with Crippen LogP contribution in [0.4, 0.5) is 0 Å². The molecule has 0 radical (unpaired) electrons. The van der Waals surface area contributed by atoms with E-state index < -0.39 is 5.97 Å². The number of esters is 1. The first-order valence-electron chi connectivity index (χ1n) is 9.19. The molecular formula is C21H27NO5. The zero-order valence-electron chi connectivity index (χ0n) is 16.1. The third-order valence-electron chi connectivity index (χ3n) is 3.97. The van der Waals surface area contributed by atoms with E-state index in [0.29, 0.717) is 24.0 Å². The minimum atomic E-state index is -0.507. The first kappa shape index (κ1) is 20.6. The Morgan fingerprint density at radius 2 is 1.89 bits per heavy atom. The number of aryl methyl sites for hydroxylation is 1. The van der Waals surface area contributed by atoms with Crippen molar-refractivity contribution in [1.29, 1.82) is 0 Å². The van der Waals surface area contributed by atoms with Crippen molar-refractivity contribution in [1.82, 2.24) is 4.98 Å². The summed E-state index contributed by atoms with van der Waals surface area (Å²) in [5.41, 5.74) is 1.46. The fraction of sp³-hybridized carbons (Fsp3) is 0.429. The van der Waals surface area contributed by atoms with Gasteiger partial charge in [0.1, 0.15) is 12.4 Å². The SMILES string of the molecule is CCc1ccc(OCC(=O)OCc2cc(=O)c(OCCC(C)C)c[nH]2)cc1. The number of carbonyl (C=O) groups excluding carboxylic acids is 1. The summed E-state index contributed by atoms with van der Waals surface area (Å²) < 4.78 is 16.0. The van der Waals surface area contributed by atoms with Crippen molar-refractivity contribution in [3.8, 4) is 11.5 Å². The molecule has 0 aliphatic rings. The van der Waals surface area contributed by atoms with Gasteiger partial charge in [-0.2, -0.15) is 0 Å². The van der Waals surface area contributed by atoms with Gasteiger partial charge >= 0.3 is 5.97 Å². The van der Waals surface area contributed by atoms with Gasteiger partial charge in [-0.25, -0.2) is 4.79 Å². The number of nitrogens with one attached hydrogen (secondary N) is 1. The number of hydrogen-bond donors (Lipinski definition) is 1. The predicted molar refractivity (Wildman–Crippen MR) is 103 cm³/mol. The monoisotopic (exact) mass is 373 g/mol. The highest BCUT2D eigenvalue weighted by Gasteiger charge is 2.08. The summed E-state index contributed by atoms with van der Waals surface area (Å²) >= 11 is 0. The van der Waals surface area contributed by atoms with Crippen LogP contribution in [0.15, 0.2) is 41.3 Å². The van der Waals surface area contributed by atoms with Crippen molar-refractivity contribution >= 4 is 5.97 Å². The quantitative estimate of drug-likeness (QED) is 0.645. The third-order valence-corrected chi connectivity index (χ3v) is 3.97. The second kappa shape index (κ2) is 10.4. The smallest absolute Gasteiger partial charge is 0.344 e. The van der Waals surface area contributed by atoms with Gasteiger partial charge in [-0.15, -0.1) is 0 Å². The maximum absolute atomic E-state index is 12.0. The largest absolute Gasteiger partial charge is 0.488 e. The molecule has 0 unspecified atom stereocenters. The molecule has 146 valence electrons. The van der Waals surface area contributed by atoms with Gasteiger partial charge in [0.05, 0.1) is 12.3 Å². The fourth-order valence-corrected chi connectivity index (χ4v) is 2.26. The van der Waals surface area contributed by atoms with E-state index in [-0.39, 0.29) is 24.4 Å². The summed E-state index contributed by atoms with van der Waals surface area (Å²) in [6.45, 7) is 6.53. The molecule has 0 aliphatic heterocycles. The zero-order valence-corrected chi connectivity index (χ0v) is 16.1. The number of rotatable bonds is 10. The topological polar surface area (TPSA) is 77.6 Å². The lowest BCUT2D eigenvalue weighted by atomic mass is 10.1. The second-order valence-corrected chi connectivity index (χ2v) is 6.66. The highest BCUT2D eigenvalue weighted by molar-refractivity contribution is 5.71. The van der Waals surface area contributed by atoms with Gasteiger partial charge in [-0.1, -0.05) is 32.9 Å². The molecule has 1 aromatic carbocycles. The molecule has 0 spiro atoms. The molecule has 0 atom stereocenters. The molecule has 1 aromatic heterocycles. The standard InChI is InChI=1S/C21H27NO5/c1-4-16-5-7-18(8-6-16)26-14-21(24)27-13-17-11-19(23)20(12-22-17)25-10-9-15(2)3/h5-8,11-12,15H,4,9-10,13-14H2,1-3H3,(H,22,23). The maximum atomic E-state index is 12.0. The Labute approximate surface area is 159 Å². The highest BCUT2D eigenvalue weighted by atomic mass is 16.6. The van der Waals surface area contributed by atoms with Crippen molar-refractivity contribution in [2.75, 3.05) is 13.2 Å². The summed E-state index contributed by atoms with van der Waals surface area (Å²) in [5, 5.41) is 0. The lowest BCUT2D eigenvalue weighted by Gasteiger charge is -2.09. The van der Waals surface area contributed by atoms with Gasteiger partial charge in [-0.05, 0) is 36.5 Å². The van der Waals surface area contributed by atoms with Crippen LogP contribution < -0.4 is 14.9 Å². The molecule has 0 fully saturated rings. The normalized spacial score (nSPS) is 10.7. The minimum absolute atomic E-state index is 0.0293. The van der Waals surface area contributed by atoms with Gasteiger partial charge in [0.25, 0.3) is 0 Å². The Morgan fingerprint density at radius 1 is 1.15 bits per heavy atom. The lowest BCUT2D eigenvalue weighted by Crippen LogP contribution is -2.16. The number of aromatic amines is 1. The average Bonchev–Trinajstić information content (AvgIpc) is 2.66. The average molecular weight is 373 g/mol. The van der Waals surface area contributed by atoms with Crippen LogP contribution in [-0.2, 0) is 22.6 Å². The van der Waals surface area contributed by atoms with Crippen LogP contribution >= 0.6 is 0 Å². The first-order valence-corrected chi connectivity index (χ1v) is 9.19. The van der Waals surface area contributed by atoms with Crippen LogP contribution in [0, 0.1) is 5.92 Å². The number of carbonyl (C=O) groups is 1. The Morgan fingerprint density at radius 3 is 2.52 bits per heavy atom. The fourth-order valence-electron chi connectivity index (χ4n) is 2.26. The number of benzene rings is 1.